The van der Waals surface area contributed by atoms with Crippen molar-refractivity contribution in [3.63, 3.8) is 0 Å². The van der Waals surface area contributed by atoms with E-state index in [1.54, 1.807) is 6.07 Å². The summed E-state index contributed by atoms with van der Waals surface area (Å²) in [5.74, 6) is 0. The Hall–Kier alpha value is -1.58. The third kappa shape index (κ3) is 1.56. The lowest BCUT2D eigenvalue weighted by molar-refractivity contribution is -0.385. The van der Waals surface area contributed by atoms with Crippen LogP contribution >= 0.6 is 0 Å². The zero-order valence-electron chi connectivity index (χ0n) is 8.99. The summed E-state index contributed by atoms with van der Waals surface area (Å²) in [5.41, 5.74) is 3.50. The first-order valence-electron chi connectivity index (χ1n) is 5.07. The standard InChI is InChI=1S/C11H14N2O2/c1-12(2)10-6-7-11(13(14)15)9-5-3-4-8(9)10/h6-7H,3-5H2,1-2H3. The van der Waals surface area contributed by atoms with Crippen LogP contribution in [0.1, 0.15) is 17.5 Å². The fourth-order valence-electron chi connectivity index (χ4n) is 2.26. The molecule has 80 valence electrons. The molecule has 0 bridgehead atoms. The fourth-order valence-corrected chi connectivity index (χ4v) is 2.26. The Bertz CT molecular complexity index is 413. The first kappa shape index (κ1) is 9.96. The van der Waals surface area contributed by atoms with E-state index in [1.165, 1.54) is 0 Å². The van der Waals surface area contributed by atoms with Gasteiger partial charge in [0.25, 0.3) is 5.69 Å². The van der Waals surface area contributed by atoms with Gasteiger partial charge in [0, 0.05) is 31.4 Å². The van der Waals surface area contributed by atoms with Gasteiger partial charge in [0.1, 0.15) is 0 Å². The van der Waals surface area contributed by atoms with Crippen molar-refractivity contribution in [1.29, 1.82) is 0 Å². The largest absolute Gasteiger partial charge is 0.377 e. The van der Waals surface area contributed by atoms with Gasteiger partial charge in [-0.05, 0) is 30.9 Å². The second-order valence-corrected chi connectivity index (χ2v) is 4.07. The van der Waals surface area contributed by atoms with Gasteiger partial charge in [-0.25, -0.2) is 0 Å². The minimum Gasteiger partial charge on any atom is -0.377 e. The van der Waals surface area contributed by atoms with Crippen molar-refractivity contribution in [2.45, 2.75) is 19.3 Å². The normalized spacial score (nSPS) is 13.7. The highest BCUT2D eigenvalue weighted by Gasteiger charge is 2.24. The second kappa shape index (κ2) is 3.53. The van der Waals surface area contributed by atoms with Crippen LogP contribution in [0.2, 0.25) is 0 Å². The van der Waals surface area contributed by atoms with Crippen LogP contribution in [0.15, 0.2) is 12.1 Å². The van der Waals surface area contributed by atoms with E-state index in [2.05, 4.69) is 0 Å². The summed E-state index contributed by atoms with van der Waals surface area (Å²) in [5, 5.41) is 10.8. The quantitative estimate of drug-likeness (QED) is 0.550. The zero-order chi connectivity index (χ0) is 11.0. The first-order valence-corrected chi connectivity index (χ1v) is 5.07. The average Bonchev–Trinajstić information content (AvgIpc) is 2.63. The molecule has 0 spiro atoms. The molecule has 1 aliphatic carbocycles. The van der Waals surface area contributed by atoms with Crippen LogP contribution in [0, 0.1) is 10.1 Å². The van der Waals surface area contributed by atoms with Gasteiger partial charge in [-0.1, -0.05) is 0 Å². The van der Waals surface area contributed by atoms with E-state index in [-0.39, 0.29) is 10.6 Å². The molecule has 15 heavy (non-hydrogen) atoms. The first-order chi connectivity index (χ1) is 7.11. The van der Waals surface area contributed by atoms with Gasteiger partial charge in [-0.3, -0.25) is 10.1 Å². The van der Waals surface area contributed by atoms with Crippen LogP contribution in [-0.2, 0) is 12.8 Å². The number of nitrogens with zero attached hydrogens (tertiary/aromatic N) is 2. The summed E-state index contributed by atoms with van der Waals surface area (Å²) in [4.78, 5) is 12.6. The van der Waals surface area contributed by atoms with Gasteiger partial charge in [0.15, 0.2) is 0 Å². The van der Waals surface area contributed by atoms with E-state index in [0.717, 1.165) is 36.1 Å². The van der Waals surface area contributed by atoms with Crippen molar-refractivity contribution in [3.05, 3.63) is 33.4 Å². The maximum atomic E-state index is 10.8. The molecule has 0 atom stereocenters. The Morgan fingerprint density at radius 2 is 1.93 bits per heavy atom. The van der Waals surface area contributed by atoms with Crippen molar-refractivity contribution < 1.29 is 4.92 Å². The van der Waals surface area contributed by atoms with Crippen molar-refractivity contribution in [1.82, 2.24) is 0 Å². The highest BCUT2D eigenvalue weighted by molar-refractivity contribution is 5.63. The summed E-state index contributed by atoms with van der Waals surface area (Å²) in [6.07, 6.45) is 2.83. The van der Waals surface area contributed by atoms with Crippen molar-refractivity contribution in [2.24, 2.45) is 0 Å². The molecule has 0 amide bonds. The molecule has 4 heteroatoms. The number of fused-ring (bicyclic) bond motifs is 1. The third-order valence-electron chi connectivity index (χ3n) is 2.91. The lowest BCUT2D eigenvalue weighted by atomic mass is 10.1. The molecule has 0 radical (unpaired) electrons. The molecular formula is C11H14N2O2. The maximum absolute atomic E-state index is 10.8. The molecule has 0 fully saturated rings. The second-order valence-electron chi connectivity index (χ2n) is 4.07. The molecule has 1 aliphatic rings. The van der Waals surface area contributed by atoms with Crippen molar-refractivity contribution in [2.75, 3.05) is 19.0 Å². The van der Waals surface area contributed by atoms with Gasteiger partial charge >= 0.3 is 0 Å². The van der Waals surface area contributed by atoms with Crippen LogP contribution in [0.25, 0.3) is 0 Å². The lowest BCUT2D eigenvalue weighted by Crippen LogP contribution is -2.11. The van der Waals surface area contributed by atoms with E-state index < -0.39 is 0 Å². The molecule has 0 heterocycles. The Morgan fingerprint density at radius 3 is 2.53 bits per heavy atom. The summed E-state index contributed by atoms with van der Waals surface area (Å²) in [6, 6.07) is 3.47. The van der Waals surface area contributed by atoms with Gasteiger partial charge in [-0.2, -0.15) is 0 Å². The smallest absolute Gasteiger partial charge is 0.273 e. The van der Waals surface area contributed by atoms with Gasteiger partial charge in [0.2, 0.25) is 0 Å². The molecule has 2 rings (SSSR count). The topological polar surface area (TPSA) is 46.4 Å². The van der Waals surface area contributed by atoms with Gasteiger partial charge in [0.05, 0.1) is 4.92 Å². The number of benzene rings is 1. The van der Waals surface area contributed by atoms with Crippen LogP contribution in [-0.4, -0.2) is 19.0 Å². The predicted octanol–water partition coefficient (Wildman–Crippen LogP) is 2.15. The minimum atomic E-state index is -0.274. The summed E-state index contributed by atoms with van der Waals surface area (Å²) >= 11 is 0. The fraction of sp³-hybridized carbons (Fsp3) is 0.455. The molecule has 4 nitrogen and oxygen atoms in total. The number of hydrogen-bond acceptors (Lipinski definition) is 3. The lowest BCUT2D eigenvalue weighted by Gasteiger charge is -2.16. The van der Waals surface area contributed by atoms with E-state index in [9.17, 15) is 10.1 Å². The zero-order valence-corrected chi connectivity index (χ0v) is 8.99. The molecule has 0 N–H and O–H groups in total. The number of nitro groups is 1. The summed E-state index contributed by atoms with van der Waals surface area (Å²) in [6.45, 7) is 0. The van der Waals surface area contributed by atoms with Crippen LogP contribution < -0.4 is 4.90 Å². The monoisotopic (exact) mass is 206 g/mol. The van der Waals surface area contributed by atoms with Gasteiger partial charge in [-0.15, -0.1) is 0 Å². The van der Waals surface area contributed by atoms with E-state index in [1.807, 2.05) is 25.1 Å². The van der Waals surface area contributed by atoms with Crippen LogP contribution in [0.5, 0.6) is 0 Å². The summed E-state index contributed by atoms with van der Waals surface area (Å²) < 4.78 is 0. The third-order valence-corrected chi connectivity index (χ3v) is 2.91. The molecule has 1 aromatic carbocycles. The van der Waals surface area contributed by atoms with Crippen LogP contribution in [0.3, 0.4) is 0 Å². The van der Waals surface area contributed by atoms with Crippen LogP contribution in [0.4, 0.5) is 11.4 Å². The molecule has 0 aliphatic heterocycles. The van der Waals surface area contributed by atoms with E-state index in [4.69, 9.17) is 0 Å². The maximum Gasteiger partial charge on any atom is 0.273 e. The Morgan fingerprint density at radius 1 is 1.27 bits per heavy atom. The van der Waals surface area contributed by atoms with Crippen molar-refractivity contribution in [3.8, 4) is 0 Å². The van der Waals surface area contributed by atoms with Gasteiger partial charge < -0.3 is 4.90 Å². The molecule has 0 saturated heterocycles. The SMILES string of the molecule is CN(C)c1ccc([N+](=O)[O-])c2c1CCC2. The number of rotatable bonds is 2. The van der Waals surface area contributed by atoms with E-state index in [0.29, 0.717) is 0 Å². The minimum absolute atomic E-state index is 0.274. The molecule has 0 saturated carbocycles. The van der Waals surface area contributed by atoms with E-state index >= 15 is 0 Å². The average molecular weight is 206 g/mol. The number of nitro benzene ring substituents is 1. The number of anilines is 1. The molecule has 1 aromatic rings. The van der Waals surface area contributed by atoms with Crippen molar-refractivity contribution >= 4 is 11.4 Å². The number of hydrogen-bond donors (Lipinski definition) is 0. The highest BCUT2D eigenvalue weighted by atomic mass is 16.6. The Balaban J connectivity index is 2.58. The predicted molar refractivity (Wildman–Crippen MR) is 59.4 cm³/mol. The summed E-state index contributed by atoms with van der Waals surface area (Å²) in [7, 11) is 3.94. The molecular weight excluding hydrogens is 192 g/mol. The Labute approximate surface area is 88.7 Å². The molecule has 0 unspecified atom stereocenters. The highest BCUT2D eigenvalue weighted by Crippen LogP contribution is 2.36. The molecule has 0 aromatic heterocycles. The Kier molecular flexibility index (Phi) is 2.34.